The molecule has 0 atom stereocenters. The first-order valence-electron chi connectivity index (χ1n) is 7.23. The third kappa shape index (κ3) is 2.99. The summed E-state index contributed by atoms with van der Waals surface area (Å²) in [6, 6.07) is 12.0. The summed E-state index contributed by atoms with van der Waals surface area (Å²) in [7, 11) is 0. The molecule has 3 aromatic heterocycles. The predicted molar refractivity (Wildman–Crippen MR) is 106 cm³/mol. The van der Waals surface area contributed by atoms with Gasteiger partial charge in [-0.05, 0) is 59.3 Å². The van der Waals surface area contributed by atoms with Gasteiger partial charge in [0.05, 0.1) is 11.4 Å². The molecule has 4 rings (SSSR count). The number of pyridine rings is 1. The number of thiazole rings is 1. The van der Waals surface area contributed by atoms with E-state index < -0.39 is 0 Å². The lowest BCUT2D eigenvalue weighted by atomic mass is 10.3. The van der Waals surface area contributed by atoms with E-state index in [1.807, 2.05) is 49.5 Å². The zero-order valence-electron chi connectivity index (χ0n) is 12.6. The SMILES string of the molecule is Cc1nc2ccc(Br)cn2c1-c1csc(Nc2ccc(Br)cc2)n1. The average Bonchev–Trinajstić information content (AvgIpc) is 3.12. The molecule has 0 radical (unpaired) electrons. The highest BCUT2D eigenvalue weighted by atomic mass is 79.9. The number of rotatable bonds is 3. The highest BCUT2D eigenvalue weighted by Gasteiger charge is 2.14. The Labute approximate surface area is 159 Å². The number of nitrogens with zero attached hydrogens (tertiary/aromatic N) is 3. The Morgan fingerprint density at radius 2 is 1.75 bits per heavy atom. The molecule has 1 aromatic carbocycles. The van der Waals surface area contributed by atoms with Crippen LogP contribution in [0.15, 0.2) is 56.9 Å². The smallest absolute Gasteiger partial charge is 0.187 e. The number of hydrogen-bond donors (Lipinski definition) is 1. The molecule has 7 heteroatoms. The van der Waals surface area contributed by atoms with Crippen LogP contribution >= 0.6 is 43.2 Å². The van der Waals surface area contributed by atoms with Crippen molar-refractivity contribution >= 4 is 59.7 Å². The highest BCUT2D eigenvalue weighted by molar-refractivity contribution is 9.10. The predicted octanol–water partition coefficient (Wildman–Crippen LogP) is 6.03. The summed E-state index contributed by atoms with van der Waals surface area (Å²) in [6.45, 7) is 2.01. The molecular formula is C17H12Br2N4S. The Hall–Kier alpha value is -1.70. The van der Waals surface area contributed by atoms with Crippen LogP contribution in [0.3, 0.4) is 0 Å². The van der Waals surface area contributed by atoms with E-state index in [9.17, 15) is 0 Å². The average molecular weight is 464 g/mol. The van der Waals surface area contributed by atoms with Gasteiger partial charge < -0.3 is 5.32 Å². The van der Waals surface area contributed by atoms with E-state index in [2.05, 4.69) is 51.9 Å². The molecule has 0 amide bonds. The van der Waals surface area contributed by atoms with Gasteiger partial charge in [-0.2, -0.15) is 0 Å². The number of benzene rings is 1. The second-order valence-electron chi connectivity index (χ2n) is 5.29. The lowest BCUT2D eigenvalue weighted by molar-refractivity contribution is 1.16. The van der Waals surface area contributed by atoms with Gasteiger partial charge in [-0.15, -0.1) is 11.3 Å². The Morgan fingerprint density at radius 1 is 1.00 bits per heavy atom. The third-order valence-electron chi connectivity index (χ3n) is 3.60. The van der Waals surface area contributed by atoms with Crippen LogP contribution in [0, 0.1) is 6.92 Å². The number of anilines is 2. The van der Waals surface area contributed by atoms with Crippen LogP contribution in [0.4, 0.5) is 10.8 Å². The number of halogens is 2. The van der Waals surface area contributed by atoms with Crippen LogP contribution in [-0.4, -0.2) is 14.4 Å². The number of imidazole rings is 1. The Kier molecular flexibility index (Phi) is 4.15. The first kappa shape index (κ1) is 15.8. The molecule has 1 N–H and O–H groups in total. The minimum absolute atomic E-state index is 0.858. The van der Waals surface area contributed by atoms with Crippen molar-refractivity contribution in [2.45, 2.75) is 6.92 Å². The largest absolute Gasteiger partial charge is 0.332 e. The van der Waals surface area contributed by atoms with E-state index in [0.29, 0.717) is 0 Å². The van der Waals surface area contributed by atoms with Gasteiger partial charge in [0, 0.05) is 26.2 Å². The fraction of sp³-hybridized carbons (Fsp3) is 0.0588. The van der Waals surface area contributed by atoms with Crippen LogP contribution in [0.1, 0.15) is 5.69 Å². The Balaban J connectivity index is 1.71. The van der Waals surface area contributed by atoms with E-state index in [1.165, 1.54) is 0 Å². The fourth-order valence-corrected chi connectivity index (χ4v) is 3.86. The second kappa shape index (κ2) is 6.31. The zero-order valence-corrected chi connectivity index (χ0v) is 16.6. The van der Waals surface area contributed by atoms with Crippen molar-refractivity contribution in [2.75, 3.05) is 5.32 Å². The van der Waals surface area contributed by atoms with Gasteiger partial charge in [-0.25, -0.2) is 9.97 Å². The molecule has 0 bridgehead atoms. The summed E-state index contributed by atoms with van der Waals surface area (Å²) in [5.74, 6) is 0. The normalized spacial score (nSPS) is 11.1. The van der Waals surface area contributed by atoms with Crippen molar-refractivity contribution < 1.29 is 0 Å². The molecule has 0 aliphatic rings. The monoisotopic (exact) mass is 462 g/mol. The van der Waals surface area contributed by atoms with Gasteiger partial charge in [0.2, 0.25) is 0 Å². The van der Waals surface area contributed by atoms with E-state index >= 15 is 0 Å². The molecule has 0 fully saturated rings. The second-order valence-corrected chi connectivity index (χ2v) is 7.98. The molecule has 0 saturated heterocycles. The molecule has 3 heterocycles. The lowest BCUT2D eigenvalue weighted by Crippen LogP contribution is -1.92. The summed E-state index contributed by atoms with van der Waals surface area (Å²) < 4.78 is 4.13. The molecule has 0 aliphatic heterocycles. The number of aryl methyl sites for hydroxylation is 1. The van der Waals surface area contributed by atoms with Crippen LogP contribution in [0.2, 0.25) is 0 Å². The molecule has 4 nitrogen and oxygen atoms in total. The summed E-state index contributed by atoms with van der Waals surface area (Å²) in [4.78, 5) is 9.35. The van der Waals surface area contributed by atoms with Crippen LogP contribution in [0.25, 0.3) is 17.0 Å². The molecule has 4 aromatic rings. The van der Waals surface area contributed by atoms with Crippen molar-refractivity contribution in [3.05, 3.63) is 62.6 Å². The Bertz CT molecular complexity index is 1020. The molecule has 0 saturated carbocycles. The summed E-state index contributed by atoms with van der Waals surface area (Å²) in [5.41, 5.74) is 4.83. The third-order valence-corrected chi connectivity index (χ3v) is 5.35. The van der Waals surface area contributed by atoms with Crippen molar-refractivity contribution in [2.24, 2.45) is 0 Å². The molecular weight excluding hydrogens is 452 g/mol. The van der Waals surface area contributed by atoms with Gasteiger partial charge in [0.15, 0.2) is 5.13 Å². The zero-order chi connectivity index (χ0) is 16.7. The van der Waals surface area contributed by atoms with Gasteiger partial charge in [0.25, 0.3) is 0 Å². The maximum Gasteiger partial charge on any atom is 0.187 e. The summed E-state index contributed by atoms with van der Waals surface area (Å²) in [6.07, 6.45) is 2.02. The Morgan fingerprint density at radius 3 is 2.54 bits per heavy atom. The maximum atomic E-state index is 4.73. The number of nitrogens with one attached hydrogen (secondary N) is 1. The van der Waals surface area contributed by atoms with Crippen LogP contribution in [0.5, 0.6) is 0 Å². The minimum Gasteiger partial charge on any atom is -0.332 e. The maximum absolute atomic E-state index is 4.73. The van der Waals surface area contributed by atoms with Gasteiger partial charge >= 0.3 is 0 Å². The fourth-order valence-electron chi connectivity index (χ4n) is 2.54. The van der Waals surface area contributed by atoms with E-state index in [4.69, 9.17) is 4.98 Å². The van der Waals surface area contributed by atoms with Crippen molar-refractivity contribution in [1.82, 2.24) is 14.4 Å². The van der Waals surface area contributed by atoms with Crippen molar-refractivity contribution in [3.8, 4) is 11.4 Å². The number of fused-ring (bicyclic) bond motifs is 1. The number of hydrogen-bond acceptors (Lipinski definition) is 4. The molecule has 0 spiro atoms. The molecule has 120 valence electrons. The van der Waals surface area contributed by atoms with Crippen LogP contribution < -0.4 is 5.32 Å². The first-order chi connectivity index (χ1) is 11.6. The van der Waals surface area contributed by atoms with Gasteiger partial charge in [0.1, 0.15) is 11.3 Å². The van der Waals surface area contributed by atoms with E-state index in [1.54, 1.807) is 11.3 Å². The first-order valence-corrected chi connectivity index (χ1v) is 9.69. The summed E-state index contributed by atoms with van der Waals surface area (Å²) in [5, 5.41) is 6.25. The molecule has 0 aliphatic carbocycles. The molecule has 0 unspecified atom stereocenters. The standard InChI is InChI=1S/C17H12Br2N4S/c1-10-16(23-8-12(19)4-7-15(23)20-10)14-9-24-17(22-14)21-13-5-2-11(18)3-6-13/h2-9H,1H3,(H,21,22). The minimum atomic E-state index is 0.858. The summed E-state index contributed by atoms with van der Waals surface area (Å²) >= 11 is 8.55. The van der Waals surface area contributed by atoms with Gasteiger partial charge in [-0.3, -0.25) is 4.40 Å². The topological polar surface area (TPSA) is 42.2 Å². The van der Waals surface area contributed by atoms with Gasteiger partial charge in [-0.1, -0.05) is 15.9 Å². The highest BCUT2D eigenvalue weighted by Crippen LogP contribution is 2.30. The molecule has 24 heavy (non-hydrogen) atoms. The quantitative estimate of drug-likeness (QED) is 0.403. The van der Waals surface area contributed by atoms with E-state index in [-0.39, 0.29) is 0 Å². The number of aromatic nitrogens is 3. The van der Waals surface area contributed by atoms with E-state index in [0.717, 1.165) is 42.5 Å². The van der Waals surface area contributed by atoms with Crippen molar-refractivity contribution in [3.63, 3.8) is 0 Å². The van der Waals surface area contributed by atoms with Crippen molar-refractivity contribution in [1.29, 1.82) is 0 Å². The van der Waals surface area contributed by atoms with Crippen LogP contribution in [-0.2, 0) is 0 Å². The lowest BCUT2D eigenvalue weighted by Gasteiger charge is -2.02.